The molecule has 116 valence electrons. The second kappa shape index (κ2) is 7.28. The number of likely N-dealkylation sites (tertiary alicyclic amines) is 2. The highest BCUT2D eigenvalue weighted by atomic mass is 16.5. The molecule has 0 N–H and O–H groups in total. The Morgan fingerprint density at radius 1 is 0.952 bits per heavy atom. The Balaban J connectivity index is 1.56. The third-order valence-corrected chi connectivity index (χ3v) is 5.02. The molecular formula is C18H28N2O. The van der Waals surface area contributed by atoms with Crippen LogP contribution in [0.2, 0.25) is 0 Å². The smallest absolute Gasteiger partial charge is 0.118 e. The number of ether oxygens (including phenoxy) is 1. The van der Waals surface area contributed by atoms with Gasteiger partial charge in [0.2, 0.25) is 0 Å². The molecule has 2 saturated heterocycles. The van der Waals surface area contributed by atoms with E-state index in [1.54, 1.807) is 7.11 Å². The third kappa shape index (κ3) is 3.78. The van der Waals surface area contributed by atoms with Gasteiger partial charge in [0.15, 0.2) is 0 Å². The van der Waals surface area contributed by atoms with Gasteiger partial charge in [0, 0.05) is 19.1 Å². The van der Waals surface area contributed by atoms with Gasteiger partial charge in [-0.05, 0) is 63.0 Å². The van der Waals surface area contributed by atoms with Crippen LogP contribution in [-0.4, -0.2) is 49.6 Å². The van der Waals surface area contributed by atoms with E-state index in [2.05, 4.69) is 34.1 Å². The molecule has 0 spiro atoms. The van der Waals surface area contributed by atoms with Gasteiger partial charge in [0.1, 0.15) is 5.75 Å². The lowest BCUT2D eigenvalue weighted by atomic mass is 10.0. The lowest BCUT2D eigenvalue weighted by Crippen LogP contribution is -2.37. The van der Waals surface area contributed by atoms with Gasteiger partial charge in [-0.2, -0.15) is 0 Å². The molecule has 0 saturated carbocycles. The monoisotopic (exact) mass is 288 g/mol. The summed E-state index contributed by atoms with van der Waals surface area (Å²) in [7, 11) is 1.73. The SMILES string of the molecule is COc1ccc(C2CCCN2CCN2CCCCC2)cc1. The number of hydrogen-bond donors (Lipinski definition) is 0. The van der Waals surface area contributed by atoms with E-state index in [1.807, 2.05) is 0 Å². The number of piperidine rings is 1. The van der Waals surface area contributed by atoms with Crippen LogP contribution < -0.4 is 4.74 Å². The molecular weight excluding hydrogens is 260 g/mol. The van der Waals surface area contributed by atoms with Gasteiger partial charge in [-0.25, -0.2) is 0 Å². The van der Waals surface area contributed by atoms with Crippen molar-refractivity contribution in [3.63, 3.8) is 0 Å². The van der Waals surface area contributed by atoms with Crippen LogP contribution in [0.3, 0.4) is 0 Å². The van der Waals surface area contributed by atoms with Crippen LogP contribution in [0, 0.1) is 0 Å². The highest BCUT2D eigenvalue weighted by Crippen LogP contribution is 2.32. The van der Waals surface area contributed by atoms with E-state index in [9.17, 15) is 0 Å². The molecule has 1 aromatic carbocycles. The van der Waals surface area contributed by atoms with E-state index in [-0.39, 0.29) is 0 Å². The van der Waals surface area contributed by atoms with Crippen LogP contribution in [0.25, 0.3) is 0 Å². The van der Waals surface area contributed by atoms with Crippen molar-refractivity contribution in [2.24, 2.45) is 0 Å². The molecule has 2 fully saturated rings. The minimum Gasteiger partial charge on any atom is -0.497 e. The summed E-state index contributed by atoms with van der Waals surface area (Å²) in [5.41, 5.74) is 1.45. The van der Waals surface area contributed by atoms with E-state index >= 15 is 0 Å². The molecule has 1 atom stereocenters. The van der Waals surface area contributed by atoms with E-state index < -0.39 is 0 Å². The van der Waals surface area contributed by atoms with Gasteiger partial charge >= 0.3 is 0 Å². The Bertz CT molecular complexity index is 425. The van der Waals surface area contributed by atoms with Crippen molar-refractivity contribution in [2.45, 2.75) is 38.1 Å². The fourth-order valence-electron chi connectivity index (χ4n) is 3.75. The summed E-state index contributed by atoms with van der Waals surface area (Å²) in [6.07, 6.45) is 6.83. The van der Waals surface area contributed by atoms with E-state index in [0.29, 0.717) is 6.04 Å². The molecule has 0 aromatic heterocycles. The molecule has 3 nitrogen and oxygen atoms in total. The van der Waals surface area contributed by atoms with Crippen molar-refractivity contribution in [3.05, 3.63) is 29.8 Å². The predicted octanol–water partition coefficient (Wildman–Crippen LogP) is 3.32. The molecule has 0 amide bonds. The zero-order valence-corrected chi connectivity index (χ0v) is 13.3. The maximum absolute atomic E-state index is 5.27. The molecule has 2 aliphatic rings. The summed E-state index contributed by atoms with van der Waals surface area (Å²) in [6, 6.07) is 9.28. The molecule has 0 radical (unpaired) electrons. The second-order valence-corrected chi connectivity index (χ2v) is 6.37. The normalized spacial score (nSPS) is 24.3. The minimum atomic E-state index is 0.612. The Morgan fingerprint density at radius 2 is 1.71 bits per heavy atom. The van der Waals surface area contributed by atoms with Crippen molar-refractivity contribution in [1.82, 2.24) is 9.80 Å². The first kappa shape index (κ1) is 14.9. The summed E-state index contributed by atoms with van der Waals surface area (Å²) < 4.78 is 5.27. The first-order valence-electron chi connectivity index (χ1n) is 8.47. The predicted molar refractivity (Wildman–Crippen MR) is 86.8 cm³/mol. The summed E-state index contributed by atoms with van der Waals surface area (Å²) in [4.78, 5) is 5.32. The molecule has 21 heavy (non-hydrogen) atoms. The largest absolute Gasteiger partial charge is 0.497 e. The topological polar surface area (TPSA) is 15.7 Å². The zero-order chi connectivity index (χ0) is 14.5. The van der Waals surface area contributed by atoms with Gasteiger partial charge in [0.25, 0.3) is 0 Å². The maximum Gasteiger partial charge on any atom is 0.118 e. The van der Waals surface area contributed by atoms with Gasteiger partial charge in [-0.15, -0.1) is 0 Å². The molecule has 0 aliphatic carbocycles. The van der Waals surface area contributed by atoms with Crippen molar-refractivity contribution in [2.75, 3.05) is 39.8 Å². The molecule has 1 unspecified atom stereocenters. The first-order chi connectivity index (χ1) is 10.4. The molecule has 1 aromatic rings. The fraction of sp³-hybridized carbons (Fsp3) is 0.667. The van der Waals surface area contributed by atoms with Gasteiger partial charge < -0.3 is 9.64 Å². The lowest BCUT2D eigenvalue weighted by Gasteiger charge is -2.31. The number of nitrogens with zero attached hydrogens (tertiary/aromatic N) is 2. The van der Waals surface area contributed by atoms with Crippen LogP contribution >= 0.6 is 0 Å². The van der Waals surface area contributed by atoms with E-state index in [0.717, 1.165) is 5.75 Å². The highest BCUT2D eigenvalue weighted by molar-refractivity contribution is 5.29. The van der Waals surface area contributed by atoms with Gasteiger partial charge in [-0.1, -0.05) is 18.6 Å². The van der Waals surface area contributed by atoms with Crippen molar-refractivity contribution < 1.29 is 4.74 Å². The molecule has 3 heteroatoms. The Kier molecular flexibility index (Phi) is 5.15. The fourth-order valence-corrected chi connectivity index (χ4v) is 3.75. The van der Waals surface area contributed by atoms with Crippen molar-refractivity contribution >= 4 is 0 Å². The minimum absolute atomic E-state index is 0.612. The lowest BCUT2D eigenvalue weighted by molar-refractivity contribution is 0.174. The molecule has 2 aliphatic heterocycles. The van der Waals surface area contributed by atoms with Crippen LogP contribution in [0.5, 0.6) is 5.75 Å². The van der Waals surface area contributed by atoms with Gasteiger partial charge in [-0.3, -0.25) is 4.90 Å². The van der Waals surface area contributed by atoms with Crippen LogP contribution in [0.15, 0.2) is 24.3 Å². The van der Waals surface area contributed by atoms with E-state index in [1.165, 1.54) is 70.4 Å². The number of hydrogen-bond acceptors (Lipinski definition) is 3. The van der Waals surface area contributed by atoms with Crippen molar-refractivity contribution in [3.8, 4) is 5.75 Å². The van der Waals surface area contributed by atoms with Crippen LogP contribution in [0.1, 0.15) is 43.7 Å². The number of rotatable bonds is 5. The van der Waals surface area contributed by atoms with Crippen LogP contribution in [-0.2, 0) is 0 Å². The first-order valence-corrected chi connectivity index (χ1v) is 8.47. The highest BCUT2D eigenvalue weighted by Gasteiger charge is 2.26. The summed E-state index contributed by atoms with van der Waals surface area (Å²) in [5, 5.41) is 0. The maximum atomic E-state index is 5.27. The molecule has 3 rings (SSSR count). The van der Waals surface area contributed by atoms with Crippen LogP contribution in [0.4, 0.5) is 0 Å². The summed E-state index contributed by atoms with van der Waals surface area (Å²) in [5.74, 6) is 0.955. The zero-order valence-electron chi connectivity index (χ0n) is 13.3. The van der Waals surface area contributed by atoms with Crippen molar-refractivity contribution in [1.29, 1.82) is 0 Å². The quantitative estimate of drug-likeness (QED) is 0.826. The van der Waals surface area contributed by atoms with E-state index in [4.69, 9.17) is 4.74 Å². The number of methoxy groups -OCH3 is 1. The Labute approximate surface area is 128 Å². The average Bonchev–Trinajstić information content (AvgIpc) is 3.02. The number of benzene rings is 1. The van der Waals surface area contributed by atoms with Gasteiger partial charge in [0.05, 0.1) is 7.11 Å². The molecule has 0 bridgehead atoms. The Morgan fingerprint density at radius 3 is 2.43 bits per heavy atom. The third-order valence-electron chi connectivity index (χ3n) is 5.02. The average molecular weight is 288 g/mol. The summed E-state index contributed by atoms with van der Waals surface area (Å²) in [6.45, 7) is 6.33. The standard InChI is InChI=1S/C18H28N2O/c1-21-17-9-7-16(8-10-17)18-6-5-13-20(18)15-14-19-11-3-2-4-12-19/h7-10,18H,2-6,11-15H2,1H3. The Hall–Kier alpha value is -1.06. The molecule has 2 heterocycles. The summed E-state index contributed by atoms with van der Waals surface area (Å²) >= 11 is 0. The second-order valence-electron chi connectivity index (χ2n) is 6.37.